The summed E-state index contributed by atoms with van der Waals surface area (Å²) in [6, 6.07) is 4.38. The molecule has 1 aliphatic rings. The Morgan fingerprint density at radius 1 is 1.48 bits per heavy atom. The predicted octanol–water partition coefficient (Wildman–Crippen LogP) is 3.39. The van der Waals surface area contributed by atoms with E-state index in [1.807, 2.05) is 0 Å². The maximum atomic E-state index is 12.1. The second-order valence-electron chi connectivity index (χ2n) is 5.13. The zero-order valence-corrected chi connectivity index (χ0v) is 15.0. The molecule has 2 aromatic rings. The minimum absolute atomic E-state index is 0.338. The average Bonchev–Trinajstić information content (AvgIpc) is 2.94. The maximum Gasteiger partial charge on any atom is 0.248 e. The molecule has 0 aliphatic carbocycles. The lowest BCUT2D eigenvalue weighted by Crippen LogP contribution is -2.31. The molecule has 1 amide bonds. The fourth-order valence-electron chi connectivity index (χ4n) is 2.68. The van der Waals surface area contributed by atoms with Gasteiger partial charge in [0.25, 0.3) is 0 Å². The van der Waals surface area contributed by atoms with Gasteiger partial charge < -0.3 is 15.6 Å². The van der Waals surface area contributed by atoms with E-state index in [2.05, 4.69) is 19.7 Å². The highest BCUT2D eigenvalue weighted by Crippen LogP contribution is 2.40. The van der Waals surface area contributed by atoms with Crippen LogP contribution in [0.2, 0.25) is 10.0 Å². The number of primary amides is 1. The number of aromatic nitrogens is 2. The van der Waals surface area contributed by atoms with Crippen LogP contribution in [0.4, 0.5) is 5.95 Å². The number of carbonyl (C=O) groups is 1. The van der Waals surface area contributed by atoms with Gasteiger partial charge in [0.2, 0.25) is 11.9 Å². The molecule has 0 saturated carbocycles. The molecule has 2 heterocycles. The van der Waals surface area contributed by atoms with Crippen molar-refractivity contribution in [3.63, 3.8) is 0 Å². The van der Waals surface area contributed by atoms with Crippen LogP contribution in [0.15, 0.2) is 40.7 Å². The summed E-state index contributed by atoms with van der Waals surface area (Å²) >= 11 is 13.0. The van der Waals surface area contributed by atoms with Gasteiger partial charge in [0.15, 0.2) is 0 Å². The molecule has 1 aliphatic heterocycles. The Morgan fingerprint density at radius 3 is 2.88 bits per heavy atom. The lowest BCUT2D eigenvalue weighted by Gasteiger charge is -2.29. The normalized spacial score (nSPS) is 16.6. The van der Waals surface area contributed by atoms with E-state index >= 15 is 0 Å². The summed E-state index contributed by atoms with van der Waals surface area (Å²) < 4.78 is 6.08. The van der Waals surface area contributed by atoms with Crippen LogP contribution in [-0.4, -0.2) is 20.7 Å². The quantitative estimate of drug-likeness (QED) is 0.399. The van der Waals surface area contributed by atoms with Crippen molar-refractivity contribution >= 4 is 47.1 Å². The van der Waals surface area contributed by atoms with Crippen molar-refractivity contribution in [2.45, 2.75) is 18.0 Å². The van der Waals surface area contributed by atoms with Crippen LogP contribution < -0.4 is 11.1 Å². The first-order valence-electron chi connectivity index (χ1n) is 6.88. The van der Waals surface area contributed by atoms with Crippen LogP contribution in [0, 0.1) is 0 Å². The number of benzene rings is 1. The first kappa shape index (κ1) is 18.1. The van der Waals surface area contributed by atoms with Crippen molar-refractivity contribution in [2.24, 2.45) is 5.73 Å². The molecular formula is C14H12Cl2N4O4S. The number of hydrogen-bond donors (Lipinski definition) is 3. The fraction of sp³-hybridized carbons (Fsp3) is 0.143. The van der Waals surface area contributed by atoms with Gasteiger partial charge >= 0.3 is 0 Å². The zero-order valence-electron chi connectivity index (χ0n) is 12.7. The van der Waals surface area contributed by atoms with Gasteiger partial charge in [0, 0.05) is 21.9 Å². The van der Waals surface area contributed by atoms with Gasteiger partial charge in [0.05, 0.1) is 23.7 Å². The molecule has 1 aromatic carbocycles. The standard InChI is InChI=1S/C14H12Cl2N4O4S/c1-6-11(13(17)21)12(8-3-2-7(15)4-9(8)16)20-5-10(25-24-23-22)19-14(20)18-6/h2-5,12,22H,1H3,(H2,17,21)(H,18,19). The number of halogens is 2. The van der Waals surface area contributed by atoms with E-state index in [0.29, 0.717) is 49.9 Å². The summed E-state index contributed by atoms with van der Waals surface area (Å²) in [5, 5.41) is 16.1. The Balaban J connectivity index is 2.15. The molecule has 11 heteroatoms. The van der Waals surface area contributed by atoms with Gasteiger partial charge in [-0.25, -0.2) is 10.2 Å². The van der Waals surface area contributed by atoms with E-state index < -0.39 is 11.9 Å². The summed E-state index contributed by atoms with van der Waals surface area (Å²) in [7, 11) is 0. The molecule has 0 radical (unpaired) electrons. The SMILES string of the molecule is CC1=C(C(N)=O)C(c2ccc(Cl)cc2Cl)n2cc(SOOO)nc2N1. The molecule has 1 unspecified atom stereocenters. The summed E-state index contributed by atoms with van der Waals surface area (Å²) in [6.07, 6.45) is 1.61. The van der Waals surface area contributed by atoms with Crippen molar-refractivity contribution in [3.05, 3.63) is 51.3 Å². The smallest absolute Gasteiger partial charge is 0.248 e. The van der Waals surface area contributed by atoms with E-state index in [0.717, 1.165) is 0 Å². The largest absolute Gasteiger partial charge is 0.366 e. The molecule has 1 aromatic heterocycles. The van der Waals surface area contributed by atoms with Crippen LogP contribution in [0.25, 0.3) is 0 Å². The van der Waals surface area contributed by atoms with E-state index in [4.69, 9.17) is 34.2 Å². The van der Waals surface area contributed by atoms with Crippen LogP contribution in [0.3, 0.4) is 0 Å². The minimum atomic E-state index is -0.601. The lowest BCUT2D eigenvalue weighted by atomic mass is 9.95. The molecule has 0 fully saturated rings. The molecule has 25 heavy (non-hydrogen) atoms. The van der Waals surface area contributed by atoms with E-state index in [9.17, 15) is 4.79 Å². The van der Waals surface area contributed by atoms with Crippen molar-refractivity contribution in [1.82, 2.24) is 9.55 Å². The topological polar surface area (TPSA) is 112 Å². The minimum Gasteiger partial charge on any atom is -0.366 e. The monoisotopic (exact) mass is 402 g/mol. The number of hydrogen-bond acceptors (Lipinski definition) is 7. The van der Waals surface area contributed by atoms with Crippen LogP contribution in [0.1, 0.15) is 18.5 Å². The van der Waals surface area contributed by atoms with E-state index in [1.165, 1.54) is 0 Å². The summed E-state index contributed by atoms with van der Waals surface area (Å²) in [4.78, 5) is 16.4. The van der Waals surface area contributed by atoms with E-state index in [-0.39, 0.29) is 0 Å². The predicted molar refractivity (Wildman–Crippen MR) is 93.0 cm³/mol. The number of nitrogens with two attached hydrogens (primary N) is 1. The van der Waals surface area contributed by atoms with Crippen LogP contribution in [0.5, 0.6) is 0 Å². The number of allylic oxidation sites excluding steroid dienone is 1. The van der Waals surface area contributed by atoms with Gasteiger partial charge in [-0.05, 0) is 24.6 Å². The average molecular weight is 403 g/mol. The number of anilines is 1. The Bertz CT molecular complexity index is 871. The highest BCUT2D eigenvalue weighted by atomic mass is 35.5. The third-order valence-electron chi connectivity index (χ3n) is 3.64. The molecule has 0 saturated heterocycles. The van der Waals surface area contributed by atoms with Crippen molar-refractivity contribution in [3.8, 4) is 0 Å². The number of carbonyl (C=O) groups excluding carboxylic acids is 1. The molecular weight excluding hydrogens is 391 g/mol. The van der Waals surface area contributed by atoms with Gasteiger partial charge in [-0.15, -0.1) is 4.33 Å². The Morgan fingerprint density at radius 2 is 2.24 bits per heavy atom. The third kappa shape index (κ3) is 3.47. The van der Waals surface area contributed by atoms with Gasteiger partial charge in [0.1, 0.15) is 5.03 Å². The highest BCUT2D eigenvalue weighted by molar-refractivity contribution is 7.94. The Hall–Kier alpha value is -1.75. The van der Waals surface area contributed by atoms with Gasteiger partial charge in [-0.1, -0.05) is 34.3 Å². The van der Waals surface area contributed by atoms with Gasteiger partial charge in [-0.3, -0.25) is 4.79 Å². The Kier molecular flexibility index (Phi) is 5.23. The molecule has 0 spiro atoms. The van der Waals surface area contributed by atoms with Crippen molar-refractivity contribution < 1.29 is 19.4 Å². The Labute approximate surface area is 156 Å². The second-order valence-corrected chi connectivity index (χ2v) is 6.70. The van der Waals surface area contributed by atoms with Crippen LogP contribution >= 0.6 is 35.2 Å². The summed E-state index contributed by atoms with van der Waals surface area (Å²) in [5.41, 5.74) is 7.11. The molecule has 4 N–H and O–H groups in total. The molecule has 8 nitrogen and oxygen atoms in total. The lowest BCUT2D eigenvalue weighted by molar-refractivity contribution is -0.432. The highest BCUT2D eigenvalue weighted by Gasteiger charge is 2.33. The zero-order chi connectivity index (χ0) is 18.1. The molecule has 132 valence electrons. The molecule has 1 atom stereocenters. The summed E-state index contributed by atoms with van der Waals surface area (Å²) in [5.74, 6) is -0.146. The maximum absolute atomic E-state index is 12.1. The second kappa shape index (κ2) is 7.24. The first-order chi connectivity index (χ1) is 11.9. The first-order valence-corrected chi connectivity index (χ1v) is 8.38. The van der Waals surface area contributed by atoms with Crippen LogP contribution in [-0.2, 0) is 14.2 Å². The number of nitrogens with zero attached hydrogens (tertiary/aromatic N) is 2. The number of imidazole rings is 1. The van der Waals surface area contributed by atoms with E-state index in [1.54, 1.807) is 35.9 Å². The number of nitrogens with one attached hydrogen (secondary N) is 1. The number of amides is 1. The summed E-state index contributed by atoms with van der Waals surface area (Å²) in [6.45, 7) is 1.72. The molecule has 0 bridgehead atoms. The third-order valence-corrected chi connectivity index (χ3v) is 4.70. The molecule has 3 rings (SSSR count). The van der Waals surface area contributed by atoms with Crippen molar-refractivity contribution in [2.75, 3.05) is 5.32 Å². The van der Waals surface area contributed by atoms with Crippen molar-refractivity contribution in [1.29, 1.82) is 0 Å². The number of rotatable bonds is 5. The fourth-order valence-corrected chi connectivity index (χ4v) is 3.57. The number of fused-ring (bicyclic) bond motifs is 1. The van der Waals surface area contributed by atoms with Gasteiger partial charge in [-0.2, -0.15) is 0 Å².